The summed E-state index contributed by atoms with van der Waals surface area (Å²) in [4.78, 5) is 20.1. The molecule has 2 aliphatic rings. The zero-order chi connectivity index (χ0) is 17.3. The quantitative estimate of drug-likeness (QED) is 0.777. The van der Waals surface area contributed by atoms with Gasteiger partial charge in [-0.25, -0.2) is 19.9 Å². The van der Waals surface area contributed by atoms with Gasteiger partial charge in [-0.05, 0) is 30.4 Å². The molecule has 2 aromatic heterocycles. The molecule has 26 heavy (non-hydrogen) atoms. The van der Waals surface area contributed by atoms with Crippen molar-refractivity contribution in [1.29, 1.82) is 0 Å². The Morgan fingerprint density at radius 3 is 2.73 bits per heavy atom. The highest BCUT2D eigenvalue weighted by molar-refractivity contribution is 5.87. The minimum atomic E-state index is 0.658. The molecule has 1 aliphatic heterocycles. The molecule has 0 bridgehead atoms. The molecule has 1 saturated carbocycles. The molecule has 1 aromatic carbocycles. The SMILES string of the molecule is c1ccc(C2CC2)c(Nc2ncnc3cnc(N4CCOCC4)nc23)c1. The molecule has 0 atom stereocenters. The molecule has 1 N–H and O–H groups in total. The molecule has 5 rings (SSSR count). The molecule has 7 nitrogen and oxygen atoms in total. The third kappa shape index (κ3) is 2.94. The highest BCUT2D eigenvalue weighted by atomic mass is 16.5. The van der Waals surface area contributed by atoms with Gasteiger partial charge in [0.2, 0.25) is 5.95 Å². The summed E-state index contributed by atoms with van der Waals surface area (Å²) in [7, 11) is 0. The first-order valence-corrected chi connectivity index (χ1v) is 9.05. The van der Waals surface area contributed by atoms with Gasteiger partial charge in [-0.2, -0.15) is 0 Å². The molecule has 3 heterocycles. The van der Waals surface area contributed by atoms with Gasteiger partial charge in [0.05, 0.1) is 19.4 Å². The summed E-state index contributed by atoms with van der Waals surface area (Å²) in [6.07, 6.45) is 5.84. The van der Waals surface area contributed by atoms with Gasteiger partial charge in [0.1, 0.15) is 17.4 Å². The molecular formula is C19H20N6O. The van der Waals surface area contributed by atoms with Gasteiger partial charge in [0.25, 0.3) is 0 Å². The van der Waals surface area contributed by atoms with E-state index in [1.807, 2.05) is 6.07 Å². The predicted octanol–water partition coefficient (Wildman–Crippen LogP) is 2.88. The van der Waals surface area contributed by atoms with Gasteiger partial charge < -0.3 is 15.0 Å². The maximum Gasteiger partial charge on any atom is 0.226 e. The van der Waals surface area contributed by atoms with E-state index in [4.69, 9.17) is 9.72 Å². The van der Waals surface area contributed by atoms with Crippen LogP contribution in [0, 0.1) is 0 Å². The lowest BCUT2D eigenvalue weighted by molar-refractivity contribution is 0.122. The first kappa shape index (κ1) is 15.5. The third-order valence-electron chi connectivity index (χ3n) is 4.89. The summed E-state index contributed by atoms with van der Waals surface area (Å²) in [6.45, 7) is 3.00. The highest BCUT2D eigenvalue weighted by Crippen LogP contribution is 2.44. The molecule has 132 valence electrons. The molecule has 0 radical (unpaired) electrons. The van der Waals surface area contributed by atoms with Crippen LogP contribution >= 0.6 is 0 Å². The van der Waals surface area contributed by atoms with Gasteiger partial charge >= 0.3 is 0 Å². The molecule has 7 heteroatoms. The van der Waals surface area contributed by atoms with Crippen LogP contribution in [0.1, 0.15) is 24.3 Å². The summed E-state index contributed by atoms with van der Waals surface area (Å²) in [6, 6.07) is 8.44. The van der Waals surface area contributed by atoms with Gasteiger partial charge in [-0.15, -0.1) is 0 Å². The number of fused-ring (bicyclic) bond motifs is 1. The average molecular weight is 348 g/mol. The van der Waals surface area contributed by atoms with Crippen molar-refractivity contribution in [2.24, 2.45) is 0 Å². The fourth-order valence-corrected chi connectivity index (χ4v) is 3.34. The Morgan fingerprint density at radius 1 is 1.04 bits per heavy atom. The topological polar surface area (TPSA) is 76.1 Å². The number of hydrogen-bond donors (Lipinski definition) is 1. The van der Waals surface area contributed by atoms with Crippen LogP contribution in [0.2, 0.25) is 0 Å². The minimum absolute atomic E-state index is 0.658. The number of aromatic nitrogens is 4. The van der Waals surface area contributed by atoms with Crippen molar-refractivity contribution in [3.63, 3.8) is 0 Å². The summed E-state index contributed by atoms with van der Waals surface area (Å²) < 4.78 is 5.42. The standard InChI is InChI=1S/C19H20N6O/c1-2-4-15(14(3-1)13-5-6-13)23-18-17-16(21-12-22-18)11-20-19(24-17)25-7-9-26-10-8-25/h1-4,11-13H,5-10H2,(H,21,22,23). The Labute approximate surface area is 151 Å². The summed E-state index contributed by atoms with van der Waals surface area (Å²) in [5.74, 6) is 2.08. The molecule has 2 fully saturated rings. The normalized spacial score (nSPS) is 17.5. The van der Waals surface area contributed by atoms with E-state index in [2.05, 4.69) is 43.4 Å². The van der Waals surface area contributed by atoms with Gasteiger partial charge in [-0.1, -0.05) is 18.2 Å². The second-order valence-corrected chi connectivity index (χ2v) is 6.71. The Bertz CT molecular complexity index is 936. The molecular weight excluding hydrogens is 328 g/mol. The first-order chi connectivity index (χ1) is 12.9. The van der Waals surface area contributed by atoms with Crippen molar-refractivity contribution in [3.8, 4) is 0 Å². The van der Waals surface area contributed by atoms with Crippen molar-refractivity contribution in [1.82, 2.24) is 19.9 Å². The van der Waals surface area contributed by atoms with E-state index in [1.165, 1.54) is 18.4 Å². The predicted molar refractivity (Wildman–Crippen MR) is 99.9 cm³/mol. The van der Waals surface area contributed by atoms with Crippen LogP contribution in [-0.4, -0.2) is 46.2 Å². The molecule has 1 aliphatic carbocycles. The lowest BCUT2D eigenvalue weighted by Crippen LogP contribution is -2.37. The monoisotopic (exact) mass is 348 g/mol. The van der Waals surface area contributed by atoms with Crippen LogP contribution in [-0.2, 0) is 4.74 Å². The van der Waals surface area contributed by atoms with Gasteiger partial charge in [0, 0.05) is 18.8 Å². The van der Waals surface area contributed by atoms with E-state index in [0.717, 1.165) is 35.6 Å². The lowest BCUT2D eigenvalue weighted by atomic mass is 10.1. The van der Waals surface area contributed by atoms with Crippen molar-refractivity contribution in [3.05, 3.63) is 42.4 Å². The highest BCUT2D eigenvalue weighted by Gasteiger charge is 2.26. The number of nitrogens with one attached hydrogen (secondary N) is 1. The maximum absolute atomic E-state index is 5.42. The van der Waals surface area contributed by atoms with Crippen LogP contribution in [0.15, 0.2) is 36.8 Å². The van der Waals surface area contributed by atoms with Gasteiger partial charge in [0.15, 0.2) is 5.82 Å². The first-order valence-electron chi connectivity index (χ1n) is 9.05. The maximum atomic E-state index is 5.42. The second kappa shape index (κ2) is 6.49. The number of anilines is 3. The Hall–Kier alpha value is -2.80. The molecule has 0 unspecified atom stereocenters. The largest absolute Gasteiger partial charge is 0.378 e. The summed E-state index contributed by atoms with van der Waals surface area (Å²) >= 11 is 0. The van der Waals surface area contributed by atoms with Crippen LogP contribution in [0.4, 0.5) is 17.5 Å². The zero-order valence-electron chi connectivity index (χ0n) is 14.4. The summed E-state index contributed by atoms with van der Waals surface area (Å²) in [5, 5.41) is 3.48. The van der Waals surface area contributed by atoms with Crippen LogP contribution in [0.25, 0.3) is 11.0 Å². The number of para-hydroxylation sites is 1. The number of benzene rings is 1. The van der Waals surface area contributed by atoms with Crippen LogP contribution in [0.3, 0.4) is 0 Å². The van der Waals surface area contributed by atoms with E-state index in [9.17, 15) is 0 Å². The fourth-order valence-electron chi connectivity index (χ4n) is 3.34. The van der Waals surface area contributed by atoms with E-state index < -0.39 is 0 Å². The number of ether oxygens (including phenoxy) is 1. The number of rotatable bonds is 4. The number of nitrogens with zero attached hydrogens (tertiary/aromatic N) is 5. The van der Waals surface area contributed by atoms with E-state index >= 15 is 0 Å². The van der Waals surface area contributed by atoms with Crippen molar-refractivity contribution >= 4 is 28.5 Å². The van der Waals surface area contributed by atoms with Gasteiger partial charge in [-0.3, -0.25) is 0 Å². The van der Waals surface area contributed by atoms with E-state index in [-0.39, 0.29) is 0 Å². The van der Waals surface area contributed by atoms with Crippen LogP contribution in [0.5, 0.6) is 0 Å². The minimum Gasteiger partial charge on any atom is -0.378 e. The molecule has 0 spiro atoms. The Morgan fingerprint density at radius 2 is 1.88 bits per heavy atom. The number of hydrogen-bond acceptors (Lipinski definition) is 7. The Balaban J connectivity index is 1.53. The molecule has 0 amide bonds. The fraction of sp³-hybridized carbons (Fsp3) is 0.368. The third-order valence-corrected chi connectivity index (χ3v) is 4.89. The van der Waals surface area contributed by atoms with E-state index in [1.54, 1.807) is 12.5 Å². The van der Waals surface area contributed by atoms with Crippen molar-refractivity contribution in [2.45, 2.75) is 18.8 Å². The van der Waals surface area contributed by atoms with Crippen molar-refractivity contribution in [2.75, 3.05) is 36.5 Å². The number of morpholine rings is 1. The van der Waals surface area contributed by atoms with Crippen molar-refractivity contribution < 1.29 is 4.74 Å². The zero-order valence-corrected chi connectivity index (χ0v) is 14.4. The smallest absolute Gasteiger partial charge is 0.226 e. The molecule has 3 aromatic rings. The van der Waals surface area contributed by atoms with Crippen LogP contribution < -0.4 is 10.2 Å². The average Bonchev–Trinajstić information content (AvgIpc) is 3.54. The second-order valence-electron chi connectivity index (χ2n) is 6.71. The molecule has 1 saturated heterocycles. The summed E-state index contributed by atoms with van der Waals surface area (Å²) in [5.41, 5.74) is 3.93. The van der Waals surface area contributed by atoms with E-state index in [0.29, 0.717) is 25.1 Å². The lowest BCUT2D eigenvalue weighted by Gasteiger charge is -2.26. The Kier molecular flexibility index (Phi) is 3.86.